The SMILES string of the molecule is [CH2-][n+]1c(-c2ccccc2)ccc2cccc([O-])c21.[Cs+]. The van der Waals surface area contributed by atoms with Crippen LogP contribution in [0, 0.1) is 7.05 Å². The zero-order valence-electron chi connectivity index (χ0n) is 10.8. The summed E-state index contributed by atoms with van der Waals surface area (Å²) in [6, 6.07) is 19.2. The van der Waals surface area contributed by atoms with Crippen LogP contribution < -0.4 is 78.6 Å². The summed E-state index contributed by atoms with van der Waals surface area (Å²) in [4.78, 5) is 0. The zero-order valence-corrected chi connectivity index (χ0v) is 17.1. The van der Waals surface area contributed by atoms with Crippen molar-refractivity contribution >= 4 is 10.9 Å². The van der Waals surface area contributed by atoms with E-state index in [9.17, 15) is 5.11 Å². The second-order valence-electron chi connectivity index (χ2n) is 4.21. The standard InChI is InChI=1S/C16H13NO.Cs/c1-17-14(12-6-3-2-4-7-12)11-10-13-8-5-9-15(18)16(13)17;/h2-11,18H,1H2;/q;+1/p-1. The van der Waals surface area contributed by atoms with Gasteiger partial charge in [0.15, 0.2) is 0 Å². The molecule has 19 heavy (non-hydrogen) atoms. The summed E-state index contributed by atoms with van der Waals surface area (Å²) in [6.45, 7) is 0. The molecule has 88 valence electrons. The molecule has 0 aliphatic heterocycles. The van der Waals surface area contributed by atoms with Gasteiger partial charge in [-0.05, 0) is 17.0 Å². The Hall–Kier alpha value is -0.428. The van der Waals surface area contributed by atoms with Crippen molar-refractivity contribution in [2.24, 2.45) is 0 Å². The minimum Gasteiger partial charge on any atom is -0.877 e. The fourth-order valence-corrected chi connectivity index (χ4v) is 2.20. The fourth-order valence-electron chi connectivity index (χ4n) is 2.20. The van der Waals surface area contributed by atoms with Gasteiger partial charge in [0, 0.05) is 7.05 Å². The fraction of sp³-hybridized carbons (Fsp3) is 0. The summed E-state index contributed by atoms with van der Waals surface area (Å²) < 4.78 is 1.72. The van der Waals surface area contributed by atoms with Crippen molar-refractivity contribution in [1.29, 1.82) is 0 Å². The molecule has 0 unspecified atom stereocenters. The molecule has 0 radical (unpaired) electrons. The predicted octanol–water partition coefficient (Wildman–Crippen LogP) is -0.488. The van der Waals surface area contributed by atoms with E-state index >= 15 is 0 Å². The normalized spacial score (nSPS) is 10.1. The number of hydrogen-bond acceptors (Lipinski definition) is 1. The molecule has 0 N–H and O–H groups in total. The first kappa shape index (κ1) is 15.0. The van der Waals surface area contributed by atoms with Crippen molar-refractivity contribution in [3.63, 3.8) is 0 Å². The molecule has 0 aliphatic carbocycles. The number of hydrogen-bond donors (Lipinski definition) is 0. The van der Waals surface area contributed by atoms with E-state index in [1.807, 2.05) is 48.5 Å². The Bertz CT molecular complexity index is 711. The third-order valence-corrected chi connectivity index (χ3v) is 3.08. The molecule has 2 nitrogen and oxygen atoms in total. The van der Waals surface area contributed by atoms with E-state index in [-0.39, 0.29) is 74.6 Å². The van der Waals surface area contributed by atoms with E-state index in [2.05, 4.69) is 7.05 Å². The first-order chi connectivity index (χ1) is 8.77. The Labute approximate surface area is 171 Å². The number of para-hydroxylation sites is 1. The summed E-state index contributed by atoms with van der Waals surface area (Å²) in [5.41, 5.74) is 2.63. The molecular formula is C16H12CsNO. The summed E-state index contributed by atoms with van der Waals surface area (Å²) >= 11 is 0. The van der Waals surface area contributed by atoms with Crippen LogP contribution in [0.15, 0.2) is 60.7 Å². The van der Waals surface area contributed by atoms with Gasteiger partial charge in [-0.3, -0.25) is 0 Å². The van der Waals surface area contributed by atoms with E-state index in [1.165, 1.54) is 0 Å². The summed E-state index contributed by atoms with van der Waals surface area (Å²) in [5.74, 6) is 0.000260. The maximum Gasteiger partial charge on any atom is 1.00 e. The molecule has 0 atom stereocenters. The molecule has 1 heterocycles. The molecule has 0 bridgehead atoms. The number of aromatic nitrogens is 1. The minimum atomic E-state index is 0. The van der Waals surface area contributed by atoms with Crippen molar-refractivity contribution < 1.29 is 78.6 Å². The average Bonchev–Trinajstić information content (AvgIpc) is 2.40. The number of fused-ring (bicyclic) bond motifs is 1. The molecule has 0 saturated heterocycles. The maximum absolute atomic E-state index is 11.9. The second-order valence-corrected chi connectivity index (χ2v) is 4.21. The van der Waals surface area contributed by atoms with Crippen LogP contribution in [0.2, 0.25) is 0 Å². The Balaban J connectivity index is 0.00000133. The summed E-state index contributed by atoms with van der Waals surface area (Å²) in [7, 11) is 4.00. The number of rotatable bonds is 1. The second kappa shape index (κ2) is 6.35. The Morgan fingerprint density at radius 1 is 0.842 bits per heavy atom. The van der Waals surface area contributed by atoms with Crippen LogP contribution in [-0.2, 0) is 0 Å². The number of benzene rings is 2. The quantitative estimate of drug-likeness (QED) is 0.422. The molecule has 0 spiro atoms. The summed E-state index contributed by atoms with van der Waals surface area (Å²) in [5, 5.41) is 12.8. The Kier molecular flexibility index (Phi) is 5.00. The molecule has 2 aromatic carbocycles. The smallest absolute Gasteiger partial charge is 0.877 e. The third-order valence-electron chi connectivity index (χ3n) is 3.08. The molecule has 3 rings (SSSR count). The molecule has 0 saturated carbocycles. The van der Waals surface area contributed by atoms with Gasteiger partial charge in [0.2, 0.25) is 0 Å². The first-order valence-corrected chi connectivity index (χ1v) is 5.78. The van der Waals surface area contributed by atoms with E-state index in [0.717, 1.165) is 16.6 Å². The minimum absolute atomic E-state index is 0. The van der Waals surface area contributed by atoms with Gasteiger partial charge < -0.3 is 9.67 Å². The number of pyridine rings is 1. The molecule has 1 aromatic heterocycles. The molecule has 3 aromatic rings. The zero-order chi connectivity index (χ0) is 12.5. The van der Waals surface area contributed by atoms with E-state index in [1.54, 1.807) is 16.7 Å². The molecule has 3 heteroatoms. The van der Waals surface area contributed by atoms with Crippen molar-refractivity contribution in [2.45, 2.75) is 0 Å². The van der Waals surface area contributed by atoms with Gasteiger partial charge in [-0.2, -0.15) is 0 Å². The van der Waals surface area contributed by atoms with Crippen LogP contribution in [0.4, 0.5) is 0 Å². The average molecular weight is 367 g/mol. The molecule has 0 fully saturated rings. The van der Waals surface area contributed by atoms with E-state index in [4.69, 9.17) is 0 Å². The molecular weight excluding hydrogens is 355 g/mol. The predicted molar refractivity (Wildman–Crippen MR) is 69.8 cm³/mol. The molecule has 0 aliphatic rings. The Morgan fingerprint density at radius 2 is 1.58 bits per heavy atom. The van der Waals surface area contributed by atoms with Crippen molar-refractivity contribution in [3.8, 4) is 17.0 Å². The summed E-state index contributed by atoms with van der Waals surface area (Å²) in [6.07, 6.45) is 0. The van der Waals surface area contributed by atoms with Gasteiger partial charge in [-0.15, -0.1) is 0 Å². The largest absolute Gasteiger partial charge is 1.00 e. The van der Waals surface area contributed by atoms with Gasteiger partial charge in [0.1, 0.15) is 11.2 Å². The Morgan fingerprint density at radius 3 is 2.32 bits per heavy atom. The first-order valence-electron chi connectivity index (χ1n) is 5.78. The van der Waals surface area contributed by atoms with Gasteiger partial charge in [0.25, 0.3) is 0 Å². The maximum atomic E-state index is 11.9. The van der Waals surface area contributed by atoms with Crippen molar-refractivity contribution in [2.75, 3.05) is 0 Å². The van der Waals surface area contributed by atoms with Crippen LogP contribution in [0.3, 0.4) is 0 Å². The van der Waals surface area contributed by atoms with E-state index in [0.29, 0.717) is 5.52 Å². The van der Waals surface area contributed by atoms with Crippen LogP contribution >= 0.6 is 0 Å². The van der Waals surface area contributed by atoms with Crippen molar-refractivity contribution in [1.82, 2.24) is 0 Å². The van der Waals surface area contributed by atoms with Gasteiger partial charge in [0.05, 0.1) is 0 Å². The number of nitrogens with zero attached hydrogens (tertiary/aromatic N) is 1. The van der Waals surface area contributed by atoms with Crippen LogP contribution in [0.25, 0.3) is 22.2 Å². The van der Waals surface area contributed by atoms with Gasteiger partial charge >= 0.3 is 68.9 Å². The van der Waals surface area contributed by atoms with Gasteiger partial charge in [-0.1, -0.05) is 60.3 Å². The van der Waals surface area contributed by atoms with Gasteiger partial charge in [-0.25, -0.2) is 0 Å². The van der Waals surface area contributed by atoms with E-state index < -0.39 is 0 Å². The monoisotopic (exact) mass is 367 g/mol. The topological polar surface area (TPSA) is 26.9 Å². The van der Waals surface area contributed by atoms with Crippen LogP contribution in [0.5, 0.6) is 5.75 Å². The van der Waals surface area contributed by atoms with Crippen molar-refractivity contribution in [3.05, 3.63) is 67.7 Å². The van der Waals surface area contributed by atoms with Crippen LogP contribution in [-0.4, -0.2) is 0 Å². The molecule has 0 amide bonds. The third kappa shape index (κ3) is 2.86. The van der Waals surface area contributed by atoms with Crippen LogP contribution in [0.1, 0.15) is 0 Å².